The second-order valence-electron chi connectivity index (χ2n) is 3.72. The maximum Gasteiger partial charge on any atom is 0.134 e. The van der Waals surface area contributed by atoms with Crippen LogP contribution in [0.2, 0.25) is 0 Å². The number of furan rings is 1. The molecule has 0 spiro atoms. The third-order valence-corrected chi connectivity index (χ3v) is 3.09. The van der Waals surface area contributed by atoms with Gasteiger partial charge in [0.25, 0.3) is 0 Å². The van der Waals surface area contributed by atoms with Gasteiger partial charge in [0.1, 0.15) is 11.5 Å². The second-order valence-corrected chi connectivity index (χ2v) is 4.64. The van der Waals surface area contributed by atoms with Gasteiger partial charge in [-0.25, -0.2) is 0 Å². The molecular formula is C13H14BrNO. The fourth-order valence-electron chi connectivity index (χ4n) is 1.52. The predicted molar refractivity (Wildman–Crippen MR) is 69.1 cm³/mol. The van der Waals surface area contributed by atoms with Gasteiger partial charge in [0.2, 0.25) is 0 Å². The van der Waals surface area contributed by atoms with E-state index in [1.807, 2.05) is 43.3 Å². The van der Waals surface area contributed by atoms with E-state index in [1.54, 1.807) is 0 Å². The first kappa shape index (κ1) is 11.4. The molecule has 2 N–H and O–H groups in total. The minimum Gasteiger partial charge on any atom is -0.459 e. The van der Waals surface area contributed by atoms with Gasteiger partial charge in [-0.2, -0.15) is 0 Å². The second kappa shape index (κ2) is 4.85. The molecule has 0 fully saturated rings. The standard InChI is InChI=1S/C13H14BrNO/c1-2-11(15)13-8-7-12(16-13)9-3-5-10(14)6-4-9/h3-8,11H,2,15H2,1H3. The molecule has 1 atom stereocenters. The van der Waals surface area contributed by atoms with Gasteiger partial charge in [-0.05, 0) is 30.7 Å². The minimum absolute atomic E-state index is 0.0100. The minimum atomic E-state index is -0.0100. The van der Waals surface area contributed by atoms with Crippen molar-refractivity contribution in [1.82, 2.24) is 0 Å². The molecule has 16 heavy (non-hydrogen) atoms. The van der Waals surface area contributed by atoms with Crippen LogP contribution in [-0.2, 0) is 0 Å². The van der Waals surface area contributed by atoms with Crippen LogP contribution in [0.15, 0.2) is 45.3 Å². The zero-order valence-corrected chi connectivity index (χ0v) is 10.7. The lowest BCUT2D eigenvalue weighted by molar-refractivity contribution is 0.470. The van der Waals surface area contributed by atoms with Crippen molar-refractivity contribution in [3.05, 3.63) is 46.6 Å². The van der Waals surface area contributed by atoms with E-state index < -0.39 is 0 Å². The van der Waals surface area contributed by atoms with Crippen molar-refractivity contribution in [2.75, 3.05) is 0 Å². The number of hydrogen-bond donors (Lipinski definition) is 1. The Morgan fingerprint density at radius 3 is 2.50 bits per heavy atom. The number of benzene rings is 1. The molecule has 1 unspecified atom stereocenters. The van der Waals surface area contributed by atoms with Crippen molar-refractivity contribution in [3.63, 3.8) is 0 Å². The molecule has 0 aliphatic heterocycles. The maximum atomic E-state index is 5.91. The monoisotopic (exact) mass is 279 g/mol. The zero-order chi connectivity index (χ0) is 11.5. The third kappa shape index (κ3) is 2.36. The van der Waals surface area contributed by atoms with Gasteiger partial charge in [-0.3, -0.25) is 0 Å². The van der Waals surface area contributed by atoms with Crippen LogP contribution < -0.4 is 5.73 Å². The summed E-state index contributed by atoms with van der Waals surface area (Å²) in [7, 11) is 0. The fraction of sp³-hybridized carbons (Fsp3) is 0.231. The molecule has 1 aromatic heterocycles. The van der Waals surface area contributed by atoms with Crippen LogP contribution in [0.4, 0.5) is 0 Å². The number of halogens is 1. The van der Waals surface area contributed by atoms with E-state index in [2.05, 4.69) is 15.9 Å². The Bertz CT molecular complexity index is 461. The van der Waals surface area contributed by atoms with Gasteiger partial charge in [-0.1, -0.05) is 35.0 Å². The Morgan fingerprint density at radius 1 is 1.19 bits per heavy atom. The molecule has 0 saturated carbocycles. The van der Waals surface area contributed by atoms with Gasteiger partial charge >= 0.3 is 0 Å². The molecule has 3 heteroatoms. The lowest BCUT2D eigenvalue weighted by Gasteiger charge is -2.03. The molecule has 0 aliphatic carbocycles. The first-order chi connectivity index (χ1) is 7.70. The molecule has 0 bridgehead atoms. The van der Waals surface area contributed by atoms with E-state index in [1.165, 1.54) is 0 Å². The summed E-state index contributed by atoms with van der Waals surface area (Å²) >= 11 is 3.41. The highest BCUT2D eigenvalue weighted by Crippen LogP contribution is 2.26. The average Bonchev–Trinajstić information content (AvgIpc) is 2.78. The summed E-state index contributed by atoms with van der Waals surface area (Å²) in [5.41, 5.74) is 6.98. The molecule has 0 saturated heterocycles. The maximum absolute atomic E-state index is 5.91. The van der Waals surface area contributed by atoms with E-state index in [4.69, 9.17) is 10.2 Å². The molecule has 84 valence electrons. The summed E-state index contributed by atoms with van der Waals surface area (Å²) in [4.78, 5) is 0. The van der Waals surface area contributed by atoms with Crippen molar-refractivity contribution in [1.29, 1.82) is 0 Å². The summed E-state index contributed by atoms with van der Waals surface area (Å²) in [5, 5.41) is 0. The molecule has 1 aromatic carbocycles. The first-order valence-electron chi connectivity index (χ1n) is 5.32. The largest absolute Gasteiger partial charge is 0.459 e. The summed E-state index contributed by atoms with van der Waals surface area (Å²) < 4.78 is 6.79. The van der Waals surface area contributed by atoms with E-state index >= 15 is 0 Å². The van der Waals surface area contributed by atoms with Crippen LogP contribution in [0.3, 0.4) is 0 Å². The first-order valence-corrected chi connectivity index (χ1v) is 6.11. The van der Waals surface area contributed by atoms with Crippen LogP contribution >= 0.6 is 15.9 Å². The lowest BCUT2D eigenvalue weighted by atomic mass is 10.2. The number of rotatable bonds is 3. The summed E-state index contributed by atoms with van der Waals surface area (Å²) in [5.74, 6) is 1.71. The van der Waals surface area contributed by atoms with Crippen LogP contribution in [0, 0.1) is 0 Å². The fourth-order valence-corrected chi connectivity index (χ4v) is 1.79. The van der Waals surface area contributed by atoms with Gasteiger partial charge in [0.05, 0.1) is 6.04 Å². The SMILES string of the molecule is CCC(N)c1ccc(-c2ccc(Br)cc2)o1. The average molecular weight is 280 g/mol. The Hall–Kier alpha value is -1.06. The number of hydrogen-bond acceptors (Lipinski definition) is 2. The van der Waals surface area contributed by atoms with E-state index in [0.29, 0.717) is 0 Å². The summed E-state index contributed by atoms with van der Waals surface area (Å²) in [6.07, 6.45) is 0.882. The van der Waals surface area contributed by atoms with Crippen molar-refractivity contribution in [2.24, 2.45) is 5.73 Å². The van der Waals surface area contributed by atoms with E-state index in [0.717, 1.165) is 28.0 Å². The Labute approximate surface area is 104 Å². The quantitative estimate of drug-likeness (QED) is 0.918. The third-order valence-electron chi connectivity index (χ3n) is 2.56. The van der Waals surface area contributed by atoms with Crippen LogP contribution in [0.25, 0.3) is 11.3 Å². The Kier molecular flexibility index (Phi) is 3.46. The van der Waals surface area contributed by atoms with Crippen molar-refractivity contribution in [2.45, 2.75) is 19.4 Å². The molecular weight excluding hydrogens is 266 g/mol. The molecule has 0 radical (unpaired) electrons. The van der Waals surface area contributed by atoms with E-state index in [9.17, 15) is 0 Å². The molecule has 2 nitrogen and oxygen atoms in total. The normalized spacial score (nSPS) is 12.7. The van der Waals surface area contributed by atoms with E-state index in [-0.39, 0.29) is 6.04 Å². The lowest BCUT2D eigenvalue weighted by Crippen LogP contribution is -2.06. The van der Waals surface area contributed by atoms with Gasteiger partial charge in [-0.15, -0.1) is 0 Å². The highest BCUT2D eigenvalue weighted by Gasteiger charge is 2.09. The van der Waals surface area contributed by atoms with Crippen LogP contribution in [-0.4, -0.2) is 0 Å². The predicted octanol–water partition coefficient (Wildman–Crippen LogP) is 4.12. The van der Waals surface area contributed by atoms with Gasteiger partial charge < -0.3 is 10.2 Å². The molecule has 2 aromatic rings. The van der Waals surface area contributed by atoms with Crippen molar-refractivity contribution in [3.8, 4) is 11.3 Å². The van der Waals surface area contributed by atoms with Gasteiger partial charge in [0.15, 0.2) is 0 Å². The topological polar surface area (TPSA) is 39.2 Å². The zero-order valence-electron chi connectivity index (χ0n) is 9.11. The molecule has 0 amide bonds. The molecule has 0 aliphatic rings. The highest BCUT2D eigenvalue weighted by atomic mass is 79.9. The Balaban J connectivity index is 2.28. The Morgan fingerprint density at radius 2 is 1.88 bits per heavy atom. The summed E-state index contributed by atoms with van der Waals surface area (Å²) in [6, 6.07) is 11.9. The van der Waals surface area contributed by atoms with Crippen molar-refractivity contribution < 1.29 is 4.42 Å². The van der Waals surface area contributed by atoms with Gasteiger partial charge in [0, 0.05) is 10.0 Å². The van der Waals surface area contributed by atoms with Crippen molar-refractivity contribution >= 4 is 15.9 Å². The highest BCUT2D eigenvalue weighted by molar-refractivity contribution is 9.10. The number of nitrogens with two attached hydrogens (primary N) is 1. The molecule has 2 rings (SSSR count). The van der Waals surface area contributed by atoms with Crippen LogP contribution in [0.5, 0.6) is 0 Å². The summed E-state index contributed by atoms with van der Waals surface area (Å²) in [6.45, 7) is 2.05. The smallest absolute Gasteiger partial charge is 0.134 e. The molecule has 1 heterocycles. The van der Waals surface area contributed by atoms with Crippen LogP contribution in [0.1, 0.15) is 25.1 Å².